The Labute approximate surface area is 193 Å². The molecular weight excluding hydrogens is 447 g/mol. The highest BCUT2D eigenvalue weighted by atomic mass is 32.2. The number of nitrogens with zero attached hydrogens (tertiary/aromatic N) is 1. The van der Waals surface area contributed by atoms with Gasteiger partial charge in [-0.1, -0.05) is 24.3 Å². The molecule has 0 amide bonds. The van der Waals surface area contributed by atoms with Crippen molar-refractivity contribution in [1.82, 2.24) is 4.98 Å². The Morgan fingerprint density at radius 2 is 1.82 bits per heavy atom. The van der Waals surface area contributed by atoms with Crippen LogP contribution in [0.2, 0.25) is 0 Å². The second kappa shape index (κ2) is 9.35. The number of benzene rings is 2. The van der Waals surface area contributed by atoms with E-state index < -0.39 is 11.7 Å². The summed E-state index contributed by atoms with van der Waals surface area (Å²) in [5.74, 6) is 0.355. The molecule has 0 N–H and O–H groups in total. The van der Waals surface area contributed by atoms with Crippen LogP contribution < -0.4 is 0 Å². The smallest absolute Gasteiger partial charge is 0.295 e. The molecule has 1 aliphatic carbocycles. The number of aromatic nitrogens is 1. The number of alkyl halides is 3. The molecule has 7 heteroatoms. The molecule has 0 saturated carbocycles. The second-order valence-electron chi connectivity index (χ2n) is 7.90. The third kappa shape index (κ3) is 5.60. The van der Waals surface area contributed by atoms with E-state index in [-0.39, 0.29) is 23.6 Å². The van der Waals surface area contributed by atoms with Crippen LogP contribution in [0.5, 0.6) is 0 Å². The minimum absolute atomic E-state index is 0.0225. The molecule has 0 radical (unpaired) electrons. The molecule has 0 unspecified atom stereocenters. The molecule has 1 heterocycles. The summed E-state index contributed by atoms with van der Waals surface area (Å²) in [4.78, 5) is 29.6. The third-order valence-corrected chi connectivity index (χ3v) is 6.45. The lowest BCUT2D eigenvalue weighted by Gasteiger charge is -2.09. The number of ketones is 2. The number of allylic oxidation sites excluding steroid dienone is 1. The summed E-state index contributed by atoms with van der Waals surface area (Å²) < 4.78 is 38.8. The number of hydrogen-bond acceptors (Lipinski definition) is 4. The maximum Gasteiger partial charge on any atom is 0.416 e. The lowest BCUT2D eigenvalue weighted by molar-refractivity contribution is -0.137. The van der Waals surface area contributed by atoms with Gasteiger partial charge in [0.15, 0.2) is 11.6 Å². The molecule has 0 atom stereocenters. The first-order valence-corrected chi connectivity index (χ1v) is 11.3. The minimum Gasteiger partial charge on any atom is -0.295 e. The zero-order valence-corrected chi connectivity index (χ0v) is 18.6. The van der Waals surface area contributed by atoms with Crippen molar-refractivity contribution in [2.75, 3.05) is 0 Å². The van der Waals surface area contributed by atoms with Gasteiger partial charge in [0.05, 0.1) is 11.3 Å². The molecule has 0 bridgehead atoms. The van der Waals surface area contributed by atoms with Crippen LogP contribution >= 0.6 is 11.8 Å². The van der Waals surface area contributed by atoms with Crippen molar-refractivity contribution >= 4 is 29.4 Å². The first-order chi connectivity index (χ1) is 15.7. The zero-order valence-electron chi connectivity index (χ0n) is 17.8. The molecule has 33 heavy (non-hydrogen) atoms. The van der Waals surface area contributed by atoms with Crippen molar-refractivity contribution in [3.05, 3.63) is 99.9 Å². The minimum atomic E-state index is -4.48. The summed E-state index contributed by atoms with van der Waals surface area (Å²) >= 11 is 1.58. The zero-order chi connectivity index (χ0) is 23.6. The lowest BCUT2D eigenvalue weighted by atomic mass is 10.0. The average molecular weight is 468 g/mol. The molecule has 3 aromatic rings. The van der Waals surface area contributed by atoms with Crippen LogP contribution in [-0.2, 0) is 29.6 Å². The number of carbonyl (C=O) groups excluding carboxylic acids is 2. The van der Waals surface area contributed by atoms with Crippen LogP contribution in [0.25, 0.3) is 6.08 Å². The Kier molecular flexibility index (Phi) is 6.51. The largest absolute Gasteiger partial charge is 0.416 e. The number of fused-ring (bicyclic) bond motifs is 1. The summed E-state index contributed by atoms with van der Waals surface area (Å²) in [5.41, 5.74) is 3.62. The maximum atomic E-state index is 12.9. The van der Waals surface area contributed by atoms with E-state index in [1.54, 1.807) is 24.8 Å². The van der Waals surface area contributed by atoms with E-state index in [9.17, 15) is 22.8 Å². The van der Waals surface area contributed by atoms with Gasteiger partial charge < -0.3 is 0 Å². The lowest BCUT2D eigenvalue weighted by Crippen LogP contribution is -2.09. The first kappa shape index (κ1) is 23.0. The van der Waals surface area contributed by atoms with Gasteiger partial charge in [-0.05, 0) is 60.0 Å². The molecule has 0 spiro atoms. The average Bonchev–Trinajstić information content (AvgIpc) is 3.21. The van der Waals surface area contributed by atoms with Crippen molar-refractivity contribution in [3.63, 3.8) is 0 Å². The number of halogens is 3. The van der Waals surface area contributed by atoms with Crippen LogP contribution in [-0.4, -0.2) is 16.6 Å². The van der Waals surface area contributed by atoms with E-state index in [4.69, 9.17) is 0 Å². The first-order valence-electron chi connectivity index (χ1n) is 10.3. The van der Waals surface area contributed by atoms with Gasteiger partial charge >= 0.3 is 6.18 Å². The van der Waals surface area contributed by atoms with Gasteiger partial charge in [0.1, 0.15) is 0 Å². The standard InChI is InChI=1S/C26H20F3NO2S/c1-16(31)20-11-21-8-18(14-30-24(21)13-20)15-33-23-7-2-4-17(9-23)10-25(32)19-5-3-6-22(12-19)26(27,28)29/h2-9,11-12,14H,10,13,15H2,1H3. The maximum absolute atomic E-state index is 12.9. The number of thioether (sulfide) groups is 1. The SMILES string of the molecule is CC(=O)C1=Cc2cc(CSc3cccc(CC(=O)c4cccc(C(F)(F)F)c4)c3)cnc2C1. The predicted octanol–water partition coefficient (Wildman–Crippen LogP) is 6.35. The summed E-state index contributed by atoms with van der Waals surface area (Å²) in [6.45, 7) is 1.55. The Balaban J connectivity index is 1.42. The van der Waals surface area contributed by atoms with E-state index in [1.807, 2.05) is 36.5 Å². The summed E-state index contributed by atoms with van der Waals surface area (Å²) in [5, 5.41) is 0. The van der Waals surface area contributed by atoms with Gasteiger partial charge in [0.2, 0.25) is 0 Å². The number of rotatable bonds is 7. The Morgan fingerprint density at radius 1 is 1.03 bits per heavy atom. The highest BCUT2D eigenvalue weighted by Crippen LogP contribution is 2.30. The summed E-state index contributed by atoms with van der Waals surface area (Å²) in [6, 6.07) is 14.0. The van der Waals surface area contributed by atoms with Gasteiger partial charge in [-0.15, -0.1) is 11.8 Å². The molecule has 0 saturated heterocycles. The second-order valence-corrected chi connectivity index (χ2v) is 8.95. The predicted molar refractivity (Wildman–Crippen MR) is 122 cm³/mol. The van der Waals surface area contributed by atoms with Gasteiger partial charge in [0.25, 0.3) is 0 Å². The molecule has 2 aromatic carbocycles. The quantitative estimate of drug-likeness (QED) is 0.300. The number of carbonyl (C=O) groups is 2. The highest BCUT2D eigenvalue weighted by molar-refractivity contribution is 7.98. The highest BCUT2D eigenvalue weighted by Gasteiger charge is 2.30. The normalized spacial score (nSPS) is 12.9. The van der Waals surface area contributed by atoms with Crippen molar-refractivity contribution in [2.45, 2.75) is 36.6 Å². The van der Waals surface area contributed by atoms with E-state index in [0.29, 0.717) is 12.2 Å². The van der Waals surface area contributed by atoms with Crippen molar-refractivity contribution in [1.29, 1.82) is 0 Å². The monoisotopic (exact) mass is 467 g/mol. The Hall–Kier alpha value is -3.19. The van der Waals surface area contributed by atoms with Gasteiger partial charge in [0, 0.05) is 40.8 Å². The van der Waals surface area contributed by atoms with Gasteiger partial charge in [-0.2, -0.15) is 13.2 Å². The number of Topliss-reactive ketones (excluding diaryl/α,β-unsaturated/α-hetero) is 2. The fourth-order valence-electron chi connectivity index (χ4n) is 3.62. The molecule has 0 aliphatic heterocycles. The van der Waals surface area contributed by atoms with Crippen molar-refractivity contribution in [2.24, 2.45) is 0 Å². The fourth-order valence-corrected chi connectivity index (χ4v) is 4.52. The van der Waals surface area contributed by atoms with Crippen molar-refractivity contribution < 1.29 is 22.8 Å². The molecule has 4 rings (SSSR count). The van der Waals surface area contributed by atoms with Crippen LogP contribution in [0.3, 0.4) is 0 Å². The summed E-state index contributed by atoms with van der Waals surface area (Å²) in [7, 11) is 0. The van der Waals surface area contributed by atoms with E-state index in [2.05, 4.69) is 4.98 Å². The van der Waals surface area contributed by atoms with Crippen LogP contribution in [0.4, 0.5) is 13.2 Å². The topological polar surface area (TPSA) is 47.0 Å². The Morgan fingerprint density at radius 3 is 2.58 bits per heavy atom. The molecule has 3 nitrogen and oxygen atoms in total. The van der Waals surface area contributed by atoms with Gasteiger partial charge in [-0.25, -0.2) is 0 Å². The number of hydrogen-bond donors (Lipinski definition) is 0. The fraction of sp³-hybridized carbons (Fsp3) is 0.192. The number of pyridine rings is 1. The third-order valence-electron chi connectivity index (χ3n) is 5.38. The Bertz CT molecular complexity index is 1260. The molecule has 168 valence electrons. The van der Waals surface area contributed by atoms with Crippen LogP contribution in [0, 0.1) is 0 Å². The van der Waals surface area contributed by atoms with E-state index >= 15 is 0 Å². The van der Waals surface area contributed by atoms with E-state index in [0.717, 1.165) is 45.0 Å². The van der Waals surface area contributed by atoms with Crippen LogP contribution in [0.15, 0.2) is 71.3 Å². The van der Waals surface area contributed by atoms with Crippen molar-refractivity contribution in [3.8, 4) is 0 Å². The molecular formula is C26H20F3NO2S. The van der Waals surface area contributed by atoms with Crippen LogP contribution in [0.1, 0.15) is 45.2 Å². The molecule has 0 fully saturated rings. The van der Waals surface area contributed by atoms with Gasteiger partial charge in [-0.3, -0.25) is 14.6 Å². The molecule has 1 aromatic heterocycles. The van der Waals surface area contributed by atoms with E-state index in [1.165, 1.54) is 12.1 Å². The summed E-state index contributed by atoms with van der Waals surface area (Å²) in [6.07, 6.45) is -0.194. The molecule has 1 aliphatic rings.